The molecule has 0 saturated heterocycles. The predicted molar refractivity (Wildman–Crippen MR) is 248 cm³/mol. The van der Waals surface area contributed by atoms with Crippen LogP contribution in [0.15, 0.2) is 66.2 Å². The molecule has 0 spiro atoms. The van der Waals surface area contributed by atoms with Gasteiger partial charge in [0, 0.05) is 23.1 Å². The molecule has 3 heterocycles. The summed E-state index contributed by atoms with van der Waals surface area (Å²) in [5.74, 6) is 1.35. The van der Waals surface area contributed by atoms with Crippen molar-refractivity contribution in [3.8, 4) is 46.0 Å². The summed E-state index contributed by atoms with van der Waals surface area (Å²) < 4.78 is 61.9. The molecular weight excluding hydrogens is 853 g/mol. The van der Waals surface area contributed by atoms with Gasteiger partial charge in [-0.15, -0.1) is 0 Å². The normalized spacial score (nSPS) is 15.8. The van der Waals surface area contributed by atoms with Gasteiger partial charge in [0.1, 0.15) is 30.5 Å². The maximum Gasteiger partial charge on any atom is 0.342 e. The van der Waals surface area contributed by atoms with Gasteiger partial charge in [0.2, 0.25) is 11.5 Å². The molecular formula is C50H60N2O12S. The highest BCUT2D eigenvalue weighted by molar-refractivity contribution is 7.00. The van der Waals surface area contributed by atoms with Gasteiger partial charge in [-0.25, -0.2) is 4.79 Å². The first-order valence-corrected chi connectivity index (χ1v) is 22.7. The van der Waals surface area contributed by atoms with Gasteiger partial charge in [0.15, 0.2) is 34.5 Å². The van der Waals surface area contributed by atoms with Crippen molar-refractivity contribution in [1.29, 1.82) is 0 Å². The minimum atomic E-state index is -2.11. The molecule has 1 N–H and O–H groups in total. The quantitative estimate of drug-likeness (QED) is 0.0692. The number of carbonyl (C=O) groups is 2. The number of esters is 1. The van der Waals surface area contributed by atoms with Crippen molar-refractivity contribution in [2.75, 3.05) is 13.2 Å². The van der Waals surface area contributed by atoms with Crippen molar-refractivity contribution in [2.24, 2.45) is 0 Å². The van der Waals surface area contributed by atoms with E-state index in [-0.39, 0.29) is 48.6 Å². The van der Waals surface area contributed by atoms with Crippen LogP contribution in [0.25, 0.3) is 16.6 Å². The number of hydrogen-bond acceptors (Lipinski definition) is 15. The lowest BCUT2D eigenvalue weighted by Gasteiger charge is -2.28. The molecule has 0 amide bonds. The van der Waals surface area contributed by atoms with Gasteiger partial charge in [-0.05, 0) is 149 Å². The van der Waals surface area contributed by atoms with Gasteiger partial charge < -0.3 is 47.7 Å². The number of fused-ring (bicyclic) bond motifs is 2. The van der Waals surface area contributed by atoms with E-state index in [4.69, 9.17) is 42.6 Å². The highest BCUT2D eigenvalue weighted by atomic mass is 32.1. The van der Waals surface area contributed by atoms with Crippen LogP contribution in [0.2, 0.25) is 0 Å². The Hall–Kier alpha value is -6.06. The average molecular weight is 913 g/mol. The molecule has 15 heteroatoms. The Balaban J connectivity index is 0.000000294. The molecule has 0 radical (unpaired) electrons. The lowest BCUT2D eigenvalue weighted by Crippen LogP contribution is -2.30. The molecule has 2 aliphatic rings. The molecule has 7 rings (SSSR count). The Labute approximate surface area is 385 Å². The highest BCUT2D eigenvalue weighted by Gasteiger charge is 2.49. The van der Waals surface area contributed by atoms with Crippen LogP contribution in [0.1, 0.15) is 110 Å². The van der Waals surface area contributed by atoms with Gasteiger partial charge in [0.05, 0.1) is 53.9 Å². The van der Waals surface area contributed by atoms with Crippen molar-refractivity contribution in [3.63, 3.8) is 0 Å². The molecule has 1 atom stereocenters. The second kappa shape index (κ2) is 20.8. The van der Waals surface area contributed by atoms with Gasteiger partial charge >= 0.3 is 5.97 Å². The number of nitrogens with zero attached hydrogens (tertiary/aromatic N) is 2. The summed E-state index contributed by atoms with van der Waals surface area (Å²) in [6.07, 6.45) is 0.411. The predicted octanol–water partition coefficient (Wildman–Crippen LogP) is 10.1. The van der Waals surface area contributed by atoms with E-state index < -0.39 is 11.8 Å². The third-order valence-corrected chi connectivity index (χ3v) is 9.99. The van der Waals surface area contributed by atoms with Crippen LogP contribution in [-0.2, 0) is 21.7 Å². The number of rotatable bonds is 17. The van der Waals surface area contributed by atoms with Gasteiger partial charge in [-0.3, -0.25) is 4.79 Å². The molecule has 5 aromatic rings. The van der Waals surface area contributed by atoms with Crippen molar-refractivity contribution in [3.05, 3.63) is 88.5 Å². The molecule has 14 nitrogen and oxygen atoms in total. The number of hydrogen-bond donors (Lipinski definition) is 1. The second-order valence-corrected chi connectivity index (χ2v) is 17.8. The molecule has 348 valence electrons. The van der Waals surface area contributed by atoms with Crippen LogP contribution < -0.4 is 37.9 Å². The third-order valence-electron chi connectivity index (χ3n) is 9.43. The summed E-state index contributed by atoms with van der Waals surface area (Å²) in [5.41, 5.74) is 4.05. The van der Waals surface area contributed by atoms with E-state index in [2.05, 4.69) is 8.75 Å². The number of cyclic esters (lactones) is 1. The SMILES string of the molecule is CC(C)Oc1cc(C=O)cc(OC(C)C)c1OC(C)C.CC(C)Oc1cc(CC2=C(c3ccc4nsnc4c3)C(=O)OC2(O)c2ccc3c(c2)OCCO3)cc(OC(C)C)c1OC(C)C. The lowest BCUT2D eigenvalue weighted by molar-refractivity contribution is -0.185. The molecule has 1 unspecified atom stereocenters. The maximum absolute atomic E-state index is 13.7. The molecule has 0 saturated carbocycles. The van der Waals surface area contributed by atoms with Gasteiger partial charge in [-0.2, -0.15) is 8.75 Å². The van der Waals surface area contributed by atoms with E-state index in [0.29, 0.717) is 92.5 Å². The van der Waals surface area contributed by atoms with E-state index in [1.807, 2.05) is 95.2 Å². The van der Waals surface area contributed by atoms with Crippen LogP contribution in [-0.4, -0.2) is 75.9 Å². The molecule has 0 bridgehead atoms. The van der Waals surface area contributed by atoms with Gasteiger partial charge in [0.25, 0.3) is 5.79 Å². The summed E-state index contributed by atoms with van der Waals surface area (Å²) in [5, 5.41) is 12.4. The van der Waals surface area contributed by atoms with Crippen molar-refractivity contribution < 1.29 is 57.3 Å². The first kappa shape index (κ1) is 48.4. The first-order valence-electron chi connectivity index (χ1n) is 22.0. The Morgan fingerprint density at radius 2 is 1.12 bits per heavy atom. The third kappa shape index (κ3) is 11.8. The van der Waals surface area contributed by atoms with Crippen molar-refractivity contribution in [1.82, 2.24) is 8.75 Å². The first-order chi connectivity index (χ1) is 30.8. The fourth-order valence-electron chi connectivity index (χ4n) is 7.14. The van der Waals surface area contributed by atoms with Crippen LogP contribution in [0, 0.1) is 0 Å². The number of carbonyl (C=O) groups excluding carboxylic acids is 2. The monoisotopic (exact) mass is 912 g/mol. The zero-order valence-electron chi connectivity index (χ0n) is 39.2. The average Bonchev–Trinajstić information content (AvgIpc) is 3.80. The standard InChI is InChI=1S/C34H36N2O8S.C16H24O4/c1-18(2)41-29-14-21(15-30(42-19(3)4)32(29)43-20(5)6)13-24-31(22-7-9-25-26(16-22)36-45-35-25)33(37)44-34(24,38)23-8-10-27-28(17-23)40-12-11-39-27;1-10(2)18-14-7-13(9-17)8-15(19-11(3)4)16(14)20-12(5)6/h7-10,14-20,38H,11-13H2,1-6H3;7-12H,1-6H3. The lowest BCUT2D eigenvalue weighted by atomic mass is 9.87. The van der Waals surface area contributed by atoms with Crippen molar-refractivity contribution in [2.45, 2.75) is 132 Å². The molecule has 4 aromatic carbocycles. The van der Waals surface area contributed by atoms with E-state index in [9.17, 15) is 14.7 Å². The molecule has 2 aliphatic heterocycles. The zero-order chi connectivity index (χ0) is 47.2. The summed E-state index contributed by atoms with van der Waals surface area (Å²) in [7, 11) is 0. The topological polar surface area (TPSA) is 163 Å². The smallest absolute Gasteiger partial charge is 0.342 e. The minimum Gasteiger partial charge on any atom is -0.487 e. The summed E-state index contributed by atoms with van der Waals surface area (Å²) in [6, 6.07) is 17.5. The summed E-state index contributed by atoms with van der Waals surface area (Å²) in [4.78, 5) is 24.8. The van der Waals surface area contributed by atoms with E-state index in [0.717, 1.165) is 23.6 Å². The number of benzene rings is 4. The van der Waals surface area contributed by atoms with Crippen LogP contribution in [0.3, 0.4) is 0 Å². The van der Waals surface area contributed by atoms with Crippen LogP contribution in [0.4, 0.5) is 0 Å². The Morgan fingerprint density at radius 3 is 1.63 bits per heavy atom. The largest absolute Gasteiger partial charge is 0.487 e. The number of aldehydes is 1. The Morgan fingerprint density at radius 1 is 0.631 bits per heavy atom. The molecule has 65 heavy (non-hydrogen) atoms. The Kier molecular flexibility index (Phi) is 15.5. The minimum absolute atomic E-state index is 0.0129. The molecule has 0 aliphatic carbocycles. The zero-order valence-corrected chi connectivity index (χ0v) is 40.0. The fraction of sp³-hybridized carbons (Fsp3) is 0.440. The summed E-state index contributed by atoms with van der Waals surface area (Å²) in [6.45, 7) is 24.0. The highest BCUT2D eigenvalue weighted by Crippen LogP contribution is 2.49. The maximum atomic E-state index is 13.7. The molecule has 1 aromatic heterocycles. The number of aliphatic hydroxyl groups is 1. The van der Waals surface area contributed by atoms with Crippen LogP contribution >= 0.6 is 11.7 Å². The molecule has 0 fully saturated rings. The number of ether oxygens (including phenoxy) is 9. The van der Waals surface area contributed by atoms with Crippen molar-refractivity contribution >= 4 is 40.6 Å². The Bertz CT molecular complexity index is 2450. The summed E-state index contributed by atoms with van der Waals surface area (Å²) >= 11 is 1.09. The van der Waals surface area contributed by atoms with E-state index in [1.165, 1.54) is 0 Å². The fourth-order valence-corrected chi connectivity index (χ4v) is 7.65. The van der Waals surface area contributed by atoms with Crippen LogP contribution in [0.5, 0.6) is 46.0 Å². The van der Waals surface area contributed by atoms with Gasteiger partial charge in [-0.1, -0.05) is 6.07 Å². The number of aromatic nitrogens is 2. The van der Waals surface area contributed by atoms with E-state index >= 15 is 0 Å². The van der Waals surface area contributed by atoms with E-state index in [1.54, 1.807) is 48.5 Å². The second-order valence-electron chi connectivity index (χ2n) is 17.3.